The summed E-state index contributed by atoms with van der Waals surface area (Å²) in [6.07, 6.45) is 13.5. The molecule has 0 aliphatic rings. The van der Waals surface area contributed by atoms with Crippen LogP contribution in [0.4, 0.5) is 0 Å². The Morgan fingerprint density at radius 2 is 1.87 bits per heavy atom. The highest BCUT2D eigenvalue weighted by atomic mass is 16.1. The van der Waals surface area contributed by atoms with Gasteiger partial charge in [0.15, 0.2) is 5.78 Å². The normalized spacial score (nSPS) is 11.8. The highest BCUT2D eigenvalue weighted by Crippen LogP contribution is 2.15. The molecular formula is C21H23NO. The lowest BCUT2D eigenvalue weighted by Crippen LogP contribution is -1.94. The zero-order chi connectivity index (χ0) is 16.3. The lowest BCUT2D eigenvalue weighted by atomic mass is 10.0. The third-order valence-corrected chi connectivity index (χ3v) is 3.62. The van der Waals surface area contributed by atoms with Gasteiger partial charge in [0.05, 0.1) is 0 Å². The molecule has 0 unspecified atom stereocenters. The van der Waals surface area contributed by atoms with E-state index < -0.39 is 0 Å². The quantitative estimate of drug-likeness (QED) is 0.279. The van der Waals surface area contributed by atoms with Crippen LogP contribution in [0, 0.1) is 0 Å². The molecular weight excluding hydrogens is 282 g/mol. The monoisotopic (exact) mass is 305 g/mol. The van der Waals surface area contributed by atoms with Crippen LogP contribution in [-0.4, -0.2) is 10.8 Å². The number of ketones is 1. The summed E-state index contributed by atoms with van der Waals surface area (Å²) < 4.78 is 0. The summed E-state index contributed by atoms with van der Waals surface area (Å²) in [6, 6.07) is 13.8. The second-order valence-electron chi connectivity index (χ2n) is 5.53. The molecule has 2 rings (SSSR count). The van der Waals surface area contributed by atoms with E-state index in [0.717, 1.165) is 18.4 Å². The van der Waals surface area contributed by atoms with Gasteiger partial charge in [0, 0.05) is 18.0 Å². The van der Waals surface area contributed by atoms with Gasteiger partial charge in [-0.1, -0.05) is 62.2 Å². The number of aromatic nitrogens is 1. The summed E-state index contributed by atoms with van der Waals surface area (Å²) in [5, 5.41) is 0. The Bertz CT molecular complexity index is 657. The number of benzene rings is 1. The minimum Gasteiger partial charge on any atom is -0.289 e. The second-order valence-corrected chi connectivity index (χ2v) is 5.53. The molecule has 0 saturated carbocycles. The highest BCUT2D eigenvalue weighted by Gasteiger charge is 2.01. The van der Waals surface area contributed by atoms with Gasteiger partial charge in [0.1, 0.15) is 0 Å². The van der Waals surface area contributed by atoms with Crippen molar-refractivity contribution in [3.8, 4) is 0 Å². The van der Waals surface area contributed by atoms with Gasteiger partial charge < -0.3 is 0 Å². The van der Waals surface area contributed by atoms with Gasteiger partial charge in [-0.3, -0.25) is 9.78 Å². The predicted octanol–water partition coefficient (Wildman–Crippen LogP) is 5.48. The van der Waals surface area contributed by atoms with Crippen LogP contribution in [0.25, 0.3) is 6.08 Å². The molecule has 0 bridgehead atoms. The Labute approximate surface area is 138 Å². The number of pyridine rings is 1. The van der Waals surface area contributed by atoms with Crippen molar-refractivity contribution >= 4 is 11.9 Å². The first kappa shape index (κ1) is 16.9. The molecule has 2 heteroatoms. The smallest absolute Gasteiger partial charge is 0.187 e. The zero-order valence-electron chi connectivity index (χ0n) is 13.6. The molecule has 0 amide bonds. The van der Waals surface area contributed by atoms with Crippen LogP contribution in [0.3, 0.4) is 0 Å². The minimum absolute atomic E-state index is 0.00690. The van der Waals surface area contributed by atoms with Crippen molar-refractivity contribution in [2.45, 2.75) is 32.6 Å². The maximum Gasteiger partial charge on any atom is 0.187 e. The van der Waals surface area contributed by atoms with Gasteiger partial charge in [-0.05, 0) is 42.2 Å². The van der Waals surface area contributed by atoms with Crippen LogP contribution >= 0.6 is 0 Å². The van der Waals surface area contributed by atoms with Gasteiger partial charge in [-0.2, -0.15) is 0 Å². The van der Waals surface area contributed by atoms with Crippen LogP contribution in [-0.2, 0) is 0 Å². The fourth-order valence-corrected chi connectivity index (χ4v) is 2.33. The molecule has 118 valence electrons. The molecule has 1 aromatic heterocycles. The Balaban J connectivity index is 2.12. The standard InChI is InChI=1S/C21H23NO/c1-2-3-5-9-19(16-18-10-6-4-7-11-18)13-14-21(23)20-12-8-15-22-17-20/h4,6-8,10-17H,2-3,5,9H2,1H3/b14-13+,19-16-. The van der Waals surface area contributed by atoms with E-state index in [4.69, 9.17) is 0 Å². The minimum atomic E-state index is -0.00690. The third-order valence-electron chi connectivity index (χ3n) is 3.62. The first-order chi connectivity index (χ1) is 11.3. The number of rotatable bonds is 8. The molecule has 2 nitrogen and oxygen atoms in total. The van der Waals surface area contributed by atoms with Crippen LogP contribution < -0.4 is 0 Å². The average molecular weight is 305 g/mol. The van der Waals surface area contributed by atoms with E-state index in [2.05, 4.69) is 30.1 Å². The van der Waals surface area contributed by atoms with E-state index in [1.54, 1.807) is 30.6 Å². The van der Waals surface area contributed by atoms with Gasteiger partial charge in [-0.25, -0.2) is 0 Å². The summed E-state index contributed by atoms with van der Waals surface area (Å²) in [5.41, 5.74) is 2.97. The van der Waals surface area contributed by atoms with Crippen LogP contribution in [0.5, 0.6) is 0 Å². The Hall–Kier alpha value is -2.48. The number of hydrogen-bond donors (Lipinski definition) is 0. The first-order valence-corrected chi connectivity index (χ1v) is 8.17. The van der Waals surface area contributed by atoms with Gasteiger partial charge in [0.2, 0.25) is 0 Å². The molecule has 1 heterocycles. The lowest BCUT2D eigenvalue weighted by molar-refractivity contribution is 0.104. The Morgan fingerprint density at radius 3 is 2.57 bits per heavy atom. The van der Waals surface area contributed by atoms with Crippen molar-refractivity contribution in [3.63, 3.8) is 0 Å². The lowest BCUT2D eigenvalue weighted by Gasteiger charge is -2.03. The number of allylic oxidation sites excluding steroid dienone is 3. The fourth-order valence-electron chi connectivity index (χ4n) is 2.33. The van der Waals surface area contributed by atoms with E-state index >= 15 is 0 Å². The number of hydrogen-bond acceptors (Lipinski definition) is 2. The molecule has 0 saturated heterocycles. The predicted molar refractivity (Wildman–Crippen MR) is 96.3 cm³/mol. The maximum absolute atomic E-state index is 12.2. The zero-order valence-corrected chi connectivity index (χ0v) is 13.6. The van der Waals surface area contributed by atoms with Gasteiger partial charge in [0.25, 0.3) is 0 Å². The number of unbranched alkanes of at least 4 members (excludes halogenated alkanes) is 2. The Kier molecular flexibility index (Phi) is 6.99. The van der Waals surface area contributed by atoms with E-state index in [-0.39, 0.29) is 5.78 Å². The Morgan fingerprint density at radius 1 is 1.04 bits per heavy atom. The molecule has 0 spiro atoms. The van der Waals surface area contributed by atoms with Crippen molar-refractivity contribution < 1.29 is 4.79 Å². The molecule has 2 aromatic rings. The molecule has 0 radical (unpaired) electrons. The molecule has 0 aliphatic heterocycles. The van der Waals surface area contributed by atoms with Crippen molar-refractivity contribution in [1.29, 1.82) is 0 Å². The number of nitrogens with zero attached hydrogens (tertiary/aromatic N) is 1. The SMILES string of the molecule is CCCCCC(=C/c1ccccc1)/C=C/C(=O)c1cccnc1. The summed E-state index contributed by atoms with van der Waals surface area (Å²) in [4.78, 5) is 16.2. The molecule has 0 fully saturated rings. The van der Waals surface area contributed by atoms with Crippen molar-refractivity contribution in [2.24, 2.45) is 0 Å². The number of carbonyl (C=O) groups is 1. The maximum atomic E-state index is 12.2. The van der Waals surface area contributed by atoms with E-state index in [0.29, 0.717) is 5.56 Å². The van der Waals surface area contributed by atoms with Crippen molar-refractivity contribution in [3.05, 3.63) is 83.7 Å². The second kappa shape index (κ2) is 9.52. The van der Waals surface area contributed by atoms with Crippen molar-refractivity contribution in [2.75, 3.05) is 0 Å². The largest absolute Gasteiger partial charge is 0.289 e. The molecule has 1 aromatic carbocycles. The molecule has 0 N–H and O–H groups in total. The average Bonchev–Trinajstić information content (AvgIpc) is 2.61. The fraction of sp³-hybridized carbons (Fsp3) is 0.238. The number of carbonyl (C=O) groups excluding carboxylic acids is 1. The topological polar surface area (TPSA) is 30.0 Å². The third kappa shape index (κ3) is 6.03. The van der Waals surface area contributed by atoms with Gasteiger partial charge >= 0.3 is 0 Å². The first-order valence-electron chi connectivity index (χ1n) is 8.17. The van der Waals surface area contributed by atoms with Crippen LogP contribution in [0.15, 0.2) is 72.6 Å². The summed E-state index contributed by atoms with van der Waals surface area (Å²) in [6.45, 7) is 2.20. The summed E-state index contributed by atoms with van der Waals surface area (Å²) in [7, 11) is 0. The van der Waals surface area contributed by atoms with Gasteiger partial charge in [-0.15, -0.1) is 0 Å². The van der Waals surface area contributed by atoms with E-state index in [9.17, 15) is 4.79 Å². The van der Waals surface area contributed by atoms with E-state index in [1.807, 2.05) is 24.3 Å². The summed E-state index contributed by atoms with van der Waals surface area (Å²) in [5.74, 6) is -0.00690. The van der Waals surface area contributed by atoms with Crippen LogP contribution in [0.1, 0.15) is 48.5 Å². The summed E-state index contributed by atoms with van der Waals surface area (Å²) >= 11 is 0. The van der Waals surface area contributed by atoms with Crippen molar-refractivity contribution in [1.82, 2.24) is 4.98 Å². The molecule has 0 aliphatic carbocycles. The van der Waals surface area contributed by atoms with Crippen LogP contribution in [0.2, 0.25) is 0 Å². The molecule has 23 heavy (non-hydrogen) atoms. The van der Waals surface area contributed by atoms with E-state index in [1.165, 1.54) is 18.4 Å². The molecule has 0 atom stereocenters. The highest BCUT2D eigenvalue weighted by molar-refractivity contribution is 6.04.